The van der Waals surface area contributed by atoms with E-state index in [1.165, 1.54) is 45.1 Å². The summed E-state index contributed by atoms with van der Waals surface area (Å²) in [7, 11) is 0. The van der Waals surface area contributed by atoms with Crippen molar-refractivity contribution in [3.8, 4) is 0 Å². The fraction of sp³-hybridized carbons (Fsp3) is 1.00. The number of aliphatic hydroxyl groups excluding tert-OH is 1. The number of piperidine rings is 1. The Bertz CT molecular complexity index is 257. The highest BCUT2D eigenvalue weighted by Crippen LogP contribution is 2.56. The molecule has 0 aromatic rings. The number of likely N-dealkylation sites (tertiary alicyclic amines) is 1. The van der Waals surface area contributed by atoms with Crippen LogP contribution in [0.4, 0.5) is 0 Å². The quantitative estimate of drug-likeness (QED) is 0.787. The molecule has 0 spiro atoms. The van der Waals surface area contributed by atoms with Crippen LogP contribution in [0.1, 0.15) is 86.0 Å². The molecule has 4 rings (SSSR count). The summed E-state index contributed by atoms with van der Waals surface area (Å²) in [6.07, 6.45) is 10.7. The van der Waals surface area contributed by atoms with Gasteiger partial charge in [-0.1, -0.05) is 34.6 Å². The minimum absolute atomic E-state index is 0.0234. The minimum atomic E-state index is -0.0234. The molecule has 2 bridgehead atoms. The molecule has 1 N–H and O–H groups in total. The first-order chi connectivity index (χ1) is 10.1. The van der Waals surface area contributed by atoms with E-state index in [1.807, 2.05) is 27.7 Å². The Kier molecular flexibility index (Phi) is 7.70. The maximum Gasteiger partial charge on any atom is 0.0564 e. The number of hydrogen-bond donors (Lipinski definition) is 1. The number of aliphatic hydroxyl groups is 1. The monoisotopic (exact) mass is 297 g/mol. The molecule has 2 heteroatoms. The zero-order valence-corrected chi connectivity index (χ0v) is 15.2. The lowest BCUT2D eigenvalue weighted by Crippen LogP contribution is -2.48. The first kappa shape index (κ1) is 19.0. The average molecular weight is 298 g/mol. The SMILES string of the molecule is CC.CC.CC12CCC(CN3CCC(O)CC3)(CC1)CC2. The molecule has 4 fully saturated rings. The third-order valence-electron chi connectivity index (χ3n) is 5.89. The molecule has 3 saturated carbocycles. The molecule has 0 atom stereocenters. The van der Waals surface area contributed by atoms with Gasteiger partial charge in [0.25, 0.3) is 0 Å². The van der Waals surface area contributed by atoms with E-state index in [2.05, 4.69) is 11.8 Å². The van der Waals surface area contributed by atoms with Gasteiger partial charge in [-0.05, 0) is 62.2 Å². The van der Waals surface area contributed by atoms with Gasteiger partial charge in [0.1, 0.15) is 0 Å². The van der Waals surface area contributed by atoms with E-state index < -0.39 is 0 Å². The van der Waals surface area contributed by atoms with Gasteiger partial charge in [-0.3, -0.25) is 0 Å². The van der Waals surface area contributed by atoms with Gasteiger partial charge in [-0.2, -0.15) is 0 Å². The van der Waals surface area contributed by atoms with E-state index in [1.54, 1.807) is 0 Å². The highest BCUT2D eigenvalue weighted by Gasteiger charge is 2.46. The van der Waals surface area contributed by atoms with Crippen molar-refractivity contribution in [1.29, 1.82) is 0 Å². The second-order valence-corrected chi connectivity index (χ2v) is 7.32. The molecular formula is C19H39NO. The van der Waals surface area contributed by atoms with Crippen LogP contribution in [0.25, 0.3) is 0 Å². The molecule has 1 aliphatic heterocycles. The third-order valence-corrected chi connectivity index (χ3v) is 5.89. The summed E-state index contributed by atoms with van der Waals surface area (Å²) < 4.78 is 0. The predicted molar refractivity (Wildman–Crippen MR) is 92.6 cm³/mol. The van der Waals surface area contributed by atoms with Gasteiger partial charge in [0, 0.05) is 19.6 Å². The Balaban J connectivity index is 0.000000510. The standard InChI is InChI=1S/C15H27NO.2C2H6/c1-14-4-7-15(8-5-14,9-6-14)12-16-10-2-13(17)3-11-16;2*1-2/h13,17H,2-12H2,1H3;2*1-2H3. The second kappa shape index (κ2) is 8.53. The van der Waals surface area contributed by atoms with Crippen molar-refractivity contribution in [3.05, 3.63) is 0 Å². The highest BCUT2D eigenvalue weighted by molar-refractivity contribution is 4.99. The Morgan fingerprint density at radius 2 is 1.29 bits per heavy atom. The highest BCUT2D eigenvalue weighted by atomic mass is 16.3. The summed E-state index contributed by atoms with van der Waals surface area (Å²) in [6, 6.07) is 0. The van der Waals surface area contributed by atoms with Gasteiger partial charge in [0.2, 0.25) is 0 Å². The Labute approximate surface area is 133 Å². The van der Waals surface area contributed by atoms with Crippen molar-refractivity contribution < 1.29 is 5.11 Å². The molecule has 0 unspecified atom stereocenters. The van der Waals surface area contributed by atoms with Crippen LogP contribution >= 0.6 is 0 Å². The molecule has 0 radical (unpaired) electrons. The van der Waals surface area contributed by atoms with Crippen LogP contribution in [0.15, 0.2) is 0 Å². The Morgan fingerprint density at radius 3 is 1.71 bits per heavy atom. The maximum absolute atomic E-state index is 9.57. The molecule has 0 aromatic carbocycles. The minimum Gasteiger partial charge on any atom is -0.393 e. The molecule has 21 heavy (non-hydrogen) atoms. The molecule has 126 valence electrons. The summed E-state index contributed by atoms with van der Waals surface area (Å²) in [4.78, 5) is 2.63. The van der Waals surface area contributed by atoms with Crippen LogP contribution in [0.5, 0.6) is 0 Å². The molecule has 0 amide bonds. The predicted octanol–water partition coefficient (Wildman–Crippen LogP) is 4.86. The number of hydrogen-bond acceptors (Lipinski definition) is 2. The second-order valence-electron chi connectivity index (χ2n) is 7.32. The molecule has 0 aromatic heterocycles. The zero-order chi connectivity index (χ0) is 15.9. The van der Waals surface area contributed by atoms with Gasteiger partial charge < -0.3 is 10.0 Å². The van der Waals surface area contributed by atoms with Crippen molar-refractivity contribution in [3.63, 3.8) is 0 Å². The van der Waals surface area contributed by atoms with E-state index in [0.29, 0.717) is 10.8 Å². The van der Waals surface area contributed by atoms with Gasteiger partial charge >= 0.3 is 0 Å². The largest absolute Gasteiger partial charge is 0.393 e. The summed E-state index contributed by atoms with van der Waals surface area (Å²) in [6.45, 7) is 14.1. The van der Waals surface area contributed by atoms with Gasteiger partial charge in [0.05, 0.1) is 6.10 Å². The topological polar surface area (TPSA) is 23.5 Å². The molecular weight excluding hydrogens is 258 g/mol. The van der Waals surface area contributed by atoms with Gasteiger partial charge in [-0.25, -0.2) is 0 Å². The van der Waals surface area contributed by atoms with E-state index in [4.69, 9.17) is 0 Å². The van der Waals surface area contributed by atoms with Crippen LogP contribution in [-0.2, 0) is 0 Å². The lowest BCUT2D eigenvalue weighted by Gasteiger charge is -2.54. The first-order valence-corrected chi connectivity index (χ1v) is 9.50. The van der Waals surface area contributed by atoms with Crippen LogP contribution in [0.3, 0.4) is 0 Å². The Hall–Kier alpha value is -0.0800. The number of rotatable bonds is 2. The van der Waals surface area contributed by atoms with Crippen molar-refractivity contribution in [2.45, 2.75) is 92.1 Å². The van der Waals surface area contributed by atoms with E-state index >= 15 is 0 Å². The van der Waals surface area contributed by atoms with Crippen LogP contribution in [-0.4, -0.2) is 35.7 Å². The summed E-state index contributed by atoms with van der Waals surface area (Å²) in [5.74, 6) is 0. The van der Waals surface area contributed by atoms with Crippen LogP contribution in [0.2, 0.25) is 0 Å². The van der Waals surface area contributed by atoms with Gasteiger partial charge in [-0.15, -0.1) is 0 Å². The third kappa shape index (κ3) is 4.96. The molecule has 1 heterocycles. The lowest BCUT2D eigenvalue weighted by molar-refractivity contribution is -0.0312. The zero-order valence-electron chi connectivity index (χ0n) is 15.2. The smallest absolute Gasteiger partial charge is 0.0564 e. The summed E-state index contributed by atoms with van der Waals surface area (Å²) in [5.41, 5.74) is 1.35. The maximum atomic E-state index is 9.57. The average Bonchev–Trinajstić information content (AvgIpc) is 2.55. The van der Waals surface area contributed by atoms with E-state index in [-0.39, 0.29) is 6.10 Å². The van der Waals surface area contributed by atoms with Crippen molar-refractivity contribution in [2.24, 2.45) is 10.8 Å². The fourth-order valence-electron chi connectivity index (χ4n) is 4.24. The van der Waals surface area contributed by atoms with Crippen molar-refractivity contribution >= 4 is 0 Å². The summed E-state index contributed by atoms with van der Waals surface area (Å²) in [5, 5.41) is 9.57. The van der Waals surface area contributed by atoms with Crippen LogP contribution < -0.4 is 0 Å². The molecule has 2 nitrogen and oxygen atoms in total. The van der Waals surface area contributed by atoms with E-state index in [0.717, 1.165) is 25.9 Å². The molecule has 3 aliphatic carbocycles. The van der Waals surface area contributed by atoms with Crippen molar-refractivity contribution in [2.75, 3.05) is 19.6 Å². The van der Waals surface area contributed by atoms with E-state index in [9.17, 15) is 5.11 Å². The van der Waals surface area contributed by atoms with Crippen molar-refractivity contribution in [1.82, 2.24) is 4.90 Å². The lowest BCUT2D eigenvalue weighted by atomic mass is 9.54. The summed E-state index contributed by atoms with van der Waals surface area (Å²) >= 11 is 0. The van der Waals surface area contributed by atoms with Crippen LogP contribution in [0, 0.1) is 10.8 Å². The Morgan fingerprint density at radius 1 is 0.857 bits per heavy atom. The molecule has 4 aliphatic rings. The molecule has 1 saturated heterocycles. The normalized spacial score (nSPS) is 36.3. The first-order valence-electron chi connectivity index (χ1n) is 9.50. The number of fused-ring (bicyclic) bond motifs is 3. The van der Waals surface area contributed by atoms with Gasteiger partial charge in [0.15, 0.2) is 0 Å². The number of nitrogens with zero attached hydrogens (tertiary/aromatic N) is 1. The fourth-order valence-corrected chi connectivity index (χ4v) is 4.24.